The third-order valence-corrected chi connectivity index (χ3v) is 5.26. The lowest BCUT2D eigenvalue weighted by Gasteiger charge is -2.15. The van der Waals surface area contributed by atoms with Gasteiger partial charge in [-0.2, -0.15) is 0 Å². The van der Waals surface area contributed by atoms with Crippen molar-refractivity contribution < 1.29 is 13.9 Å². The molecule has 31 heavy (non-hydrogen) atoms. The molecule has 2 aromatic heterocycles. The number of pyridine rings is 1. The lowest BCUT2D eigenvalue weighted by Crippen LogP contribution is -2.23. The molecule has 0 fully saturated rings. The van der Waals surface area contributed by atoms with E-state index in [0.717, 1.165) is 28.5 Å². The number of halogens is 2. The predicted molar refractivity (Wildman–Crippen MR) is 114 cm³/mol. The number of hydrogen-bond acceptors (Lipinski definition) is 4. The Morgan fingerprint density at radius 2 is 1.74 bits per heavy atom. The average Bonchev–Trinajstić information content (AvgIpc) is 2.75. The van der Waals surface area contributed by atoms with Crippen LogP contribution in [0.2, 0.25) is 0 Å². The number of phenols is 1. The van der Waals surface area contributed by atoms with Crippen molar-refractivity contribution in [1.29, 1.82) is 0 Å². The number of nitrogens with zero attached hydrogens (tertiary/aromatic N) is 3. The van der Waals surface area contributed by atoms with Gasteiger partial charge >= 0.3 is 5.69 Å². The summed E-state index contributed by atoms with van der Waals surface area (Å²) in [5.74, 6) is -2.11. The Hall–Kier alpha value is -4.13. The van der Waals surface area contributed by atoms with E-state index in [2.05, 4.69) is 9.97 Å². The summed E-state index contributed by atoms with van der Waals surface area (Å²) in [5, 5.41) is 12.1. The van der Waals surface area contributed by atoms with E-state index in [1.807, 2.05) is 43.3 Å². The summed E-state index contributed by atoms with van der Waals surface area (Å²) >= 11 is 0. The van der Waals surface area contributed by atoms with E-state index in [0.29, 0.717) is 5.69 Å². The topological polar surface area (TPSA) is 68.0 Å². The van der Waals surface area contributed by atoms with Gasteiger partial charge in [-0.3, -0.25) is 0 Å². The molecule has 0 radical (unpaired) electrons. The van der Waals surface area contributed by atoms with Gasteiger partial charge in [-0.25, -0.2) is 28.1 Å². The average molecular weight is 415 g/mol. The maximum absolute atomic E-state index is 14.9. The first-order valence-corrected chi connectivity index (χ1v) is 9.50. The molecule has 5 nitrogen and oxygen atoms in total. The van der Waals surface area contributed by atoms with Crippen LogP contribution in [0.4, 0.5) is 8.78 Å². The Morgan fingerprint density at radius 1 is 0.935 bits per heavy atom. The minimum absolute atomic E-state index is 0.110. The molecule has 0 aliphatic rings. The van der Waals surface area contributed by atoms with Crippen molar-refractivity contribution >= 4 is 21.8 Å². The lowest BCUT2D eigenvalue weighted by molar-refractivity contribution is 0.470. The molecule has 3 aromatic carbocycles. The highest BCUT2D eigenvalue weighted by Crippen LogP contribution is 2.34. The third-order valence-electron chi connectivity index (χ3n) is 5.26. The molecule has 0 unspecified atom stereocenters. The summed E-state index contributed by atoms with van der Waals surface area (Å²) in [6, 6.07) is 16.1. The van der Waals surface area contributed by atoms with Crippen LogP contribution in [0, 0.1) is 18.6 Å². The molecule has 0 aliphatic carbocycles. The predicted octanol–water partition coefficient (Wildman–Crippen LogP) is 4.89. The van der Waals surface area contributed by atoms with Gasteiger partial charge in [0.05, 0.1) is 11.3 Å². The number of fused-ring (bicyclic) bond motifs is 2. The van der Waals surface area contributed by atoms with Gasteiger partial charge in [0, 0.05) is 17.0 Å². The first-order valence-electron chi connectivity index (χ1n) is 9.50. The molecular formula is C24H15F2N3O2. The van der Waals surface area contributed by atoms with Crippen LogP contribution in [0.3, 0.4) is 0 Å². The van der Waals surface area contributed by atoms with Crippen molar-refractivity contribution in [1.82, 2.24) is 14.5 Å². The van der Waals surface area contributed by atoms with Crippen LogP contribution in [0.25, 0.3) is 38.8 Å². The van der Waals surface area contributed by atoms with Gasteiger partial charge in [-0.15, -0.1) is 0 Å². The van der Waals surface area contributed by atoms with Crippen LogP contribution in [0.15, 0.2) is 71.7 Å². The van der Waals surface area contributed by atoms with Gasteiger partial charge < -0.3 is 5.11 Å². The number of aromatic nitrogens is 3. The van der Waals surface area contributed by atoms with Gasteiger partial charge in [0.2, 0.25) is 0 Å². The first-order chi connectivity index (χ1) is 15.0. The Kier molecular flexibility index (Phi) is 4.25. The molecule has 0 atom stereocenters. The zero-order valence-electron chi connectivity index (χ0n) is 16.3. The molecule has 5 rings (SSSR count). The number of hydrogen-bond donors (Lipinski definition) is 1. The van der Waals surface area contributed by atoms with Crippen molar-refractivity contribution in [2.45, 2.75) is 6.92 Å². The van der Waals surface area contributed by atoms with E-state index < -0.39 is 23.1 Å². The summed E-state index contributed by atoms with van der Waals surface area (Å²) in [6.07, 6.45) is 1.23. The number of aromatic hydroxyl groups is 1. The van der Waals surface area contributed by atoms with Gasteiger partial charge in [-0.1, -0.05) is 42.5 Å². The number of phenolic OH excluding ortho intramolecular Hbond substituents is 1. The lowest BCUT2D eigenvalue weighted by atomic mass is 10.0. The Labute approximate surface area is 174 Å². The number of benzene rings is 3. The van der Waals surface area contributed by atoms with E-state index >= 15 is 0 Å². The highest BCUT2D eigenvalue weighted by atomic mass is 19.1. The van der Waals surface area contributed by atoms with Gasteiger partial charge in [0.25, 0.3) is 0 Å². The highest BCUT2D eigenvalue weighted by molar-refractivity contribution is 5.93. The number of aryl methyl sites for hydroxylation is 1. The molecule has 2 heterocycles. The second-order valence-electron chi connectivity index (χ2n) is 7.19. The fourth-order valence-electron chi connectivity index (χ4n) is 3.83. The van der Waals surface area contributed by atoms with Crippen LogP contribution in [-0.2, 0) is 0 Å². The summed E-state index contributed by atoms with van der Waals surface area (Å²) < 4.78 is 30.6. The van der Waals surface area contributed by atoms with Gasteiger partial charge in [0.15, 0.2) is 11.5 Å². The van der Waals surface area contributed by atoms with E-state index in [1.54, 1.807) is 0 Å². The normalized spacial score (nSPS) is 11.3. The van der Waals surface area contributed by atoms with Crippen molar-refractivity contribution in [3.05, 3.63) is 94.5 Å². The van der Waals surface area contributed by atoms with Crippen LogP contribution in [0.5, 0.6) is 5.75 Å². The maximum atomic E-state index is 14.9. The van der Waals surface area contributed by atoms with Crippen molar-refractivity contribution in [2.24, 2.45) is 0 Å². The summed E-state index contributed by atoms with van der Waals surface area (Å²) in [6.45, 7) is 1.85. The molecule has 1 N–H and O–H groups in total. The second kappa shape index (κ2) is 6.98. The van der Waals surface area contributed by atoms with Gasteiger partial charge in [0.1, 0.15) is 17.3 Å². The third kappa shape index (κ3) is 2.93. The summed E-state index contributed by atoms with van der Waals surface area (Å²) in [4.78, 5) is 21.1. The molecule has 5 aromatic rings. The Morgan fingerprint density at radius 3 is 2.55 bits per heavy atom. The van der Waals surface area contributed by atoms with E-state index in [4.69, 9.17) is 0 Å². The molecule has 0 amide bonds. The maximum Gasteiger partial charge on any atom is 0.353 e. The second-order valence-corrected chi connectivity index (χ2v) is 7.19. The van der Waals surface area contributed by atoms with Crippen LogP contribution >= 0.6 is 0 Å². The fraction of sp³-hybridized carbons (Fsp3) is 0.0417. The quantitative estimate of drug-likeness (QED) is 0.446. The highest BCUT2D eigenvalue weighted by Gasteiger charge is 2.20. The van der Waals surface area contributed by atoms with Crippen LogP contribution in [-0.4, -0.2) is 19.6 Å². The number of rotatable bonds is 2. The molecule has 0 saturated heterocycles. The minimum atomic E-state index is -0.838. The SMILES string of the molecule is Cc1ccc2ccccc2c1-n1c(=O)ncc2cc(F)c(-c3c(O)cccc3F)nc21. The fourth-order valence-corrected chi connectivity index (χ4v) is 3.83. The van der Waals surface area contributed by atoms with Crippen LogP contribution in [0.1, 0.15) is 5.56 Å². The molecule has 0 spiro atoms. The van der Waals surface area contributed by atoms with E-state index in [-0.39, 0.29) is 22.3 Å². The molecular weight excluding hydrogens is 400 g/mol. The van der Waals surface area contributed by atoms with Crippen molar-refractivity contribution in [3.8, 4) is 22.7 Å². The monoisotopic (exact) mass is 415 g/mol. The first kappa shape index (κ1) is 18.9. The van der Waals surface area contributed by atoms with Crippen molar-refractivity contribution in [3.63, 3.8) is 0 Å². The Bertz CT molecular complexity index is 1540. The molecule has 7 heteroatoms. The molecule has 0 saturated carbocycles. The Balaban J connectivity index is 1.93. The zero-order valence-corrected chi connectivity index (χ0v) is 16.3. The summed E-state index contributed by atoms with van der Waals surface area (Å²) in [5.41, 5.74) is 0.0986. The van der Waals surface area contributed by atoms with Crippen molar-refractivity contribution in [2.75, 3.05) is 0 Å². The summed E-state index contributed by atoms with van der Waals surface area (Å²) in [7, 11) is 0. The van der Waals surface area contributed by atoms with Crippen LogP contribution < -0.4 is 5.69 Å². The minimum Gasteiger partial charge on any atom is -0.507 e. The molecule has 152 valence electrons. The molecule has 0 bridgehead atoms. The largest absolute Gasteiger partial charge is 0.507 e. The van der Waals surface area contributed by atoms with Gasteiger partial charge in [-0.05, 0) is 36.1 Å². The molecule has 0 aliphatic heterocycles. The zero-order chi connectivity index (χ0) is 21.7. The smallest absolute Gasteiger partial charge is 0.353 e. The van der Waals surface area contributed by atoms with E-state index in [1.165, 1.54) is 22.9 Å². The standard InChI is InChI=1S/C24H15F2N3O2/c1-13-9-10-14-5-2-3-6-16(14)22(13)29-23-15(12-27-24(29)31)11-18(26)21(28-23)20-17(25)7-4-8-19(20)30/h2-12,30H,1H3. The van der Waals surface area contributed by atoms with E-state index in [9.17, 15) is 18.7 Å².